The van der Waals surface area contributed by atoms with E-state index in [2.05, 4.69) is 11.5 Å². The minimum Gasteiger partial charge on any atom is -0.507 e. The molecule has 0 atom stereocenters. The predicted molar refractivity (Wildman–Crippen MR) is 72.2 cm³/mol. The molecule has 0 spiro atoms. The zero-order chi connectivity index (χ0) is 12.8. The highest BCUT2D eigenvalue weighted by molar-refractivity contribution is 5.59. The Morgan fingerprint density at radius 1 is 0.667 bits per heavy atom. The van der Waals surface area contributed by atoms with Crippen LogP contribution in [0, 0.1) is 0 Å². The van der Waals surface area contributed by atoms with Gasteiger partial charge in [-0.2, -0.15) is 0 Å². The van der Waals surface area contributed by atoms with Crippen molar-refractivity contribution in [3.8, 4) is 11.5 Å². The lowest BCUT2D eigenvalue weighted by Gasteiger charge is -1.94. The van der Waals surface area contributed by atoms with Gasteiger partial charge < -0.3 is 10.2 Å². The monoisotopic (exact) mass is 236 g/mol. The Labute approximate surface area is 105 Å². The van der Waals surface area contributed by atoms with Crippen molar-refractivity contribution in [2.45, 2.75) is 0 Å². The molecule has 0 bridgehead atoms. The van der Waals surface area contributed by atoms with Gasteiger partial charge in [-0.05, 0) is 24.3 Å². The SMILES string of the molecule is Oc1ccccc1C=C=C=Cc1ccccc1O. The van der Waals surface area contributed by atoms with Gasteiger partial charge in [-0.3, -0.25) is 0 Å². The average Bonchev–Trinajstić information content (AvgIpc) is 2.38. The molecular formula is C16H12O2. The molecule has 0 aliphatic rings. The third kappa shape index (κ3) is 2.93. The molecule has 0 radical (unpaired) electrons. The fraction of sp³-hybridized carbons (Fsp3) is 0. The Hall–Kier alpha value is -2.66. The molecule has 2 nitrogen and oxygen atoms in total. The van der Waals surface area contributed by atoms with E-state index >= 15 is 0 Å². The van der Waals surface area contributed by atoms with Crippen molar-refractivity contribution in [3.63, 3.8) is 0 Å². The second-order valence-electron chi connectivity index (χ2n) is 3.69. The molecule has 0 heterocycles. The van der Waals surface area contributed by atoms with E-state index in [1.807, 2.05) is 12.1 Å². The fourth-order valence-corrected chi connectivity index (χ4v) is 1.46. The number of hydrogen-bond acceptors (Lipinski definition) is 2. The molecule has 0 saturated heterocycles. The summed E-state index contributed by atoms with van der Waals surface area (Å²) in [5.74, 6) is 0.406. The van der Waals surface area contributed by atoms with Gasteiger partial charge in [-0.25, -0.2) is 0 Å². The van der Waals surface area contributed by atoms with Crippen molar-refractivity contribution in [1.29, 1.82) is 0 Å². The Kier molecular flexibility index (Phi) is 3.68. The summed E-state index contributed by atoms with van der Waals surface area (Å²) in [4.78, 5) is 0. The zero-order valence-corrected chi connectivity index (χ0v) is 9.67. The van der Waals surface area contributed by atoms with Crippen molar-refractivity contribution in [1.82, 2.24) is 0 Å². The third-order valence-corrected chi connectivity index (χ3v) is 2.41. The van der Waals surface area contributed by atoms with Gasteiger partial charge in [-0.1, -0.05) is 47.9 Å². The lowest BCUT2D eigenvalue weighted by molar-refractivity contribution is 0.473. The van der Waals surface area contributed by atoms with E-state index < -0.39 is 0 Å². The quantitative estimate of drug-likeness (QED) is 0.782. The molecule has 88 valence electrons. The van der Waals surface area contributed by atoms with Crippen LogP contribution in [-0.2, 0) is 0 Å². The summed E-state index contributed by atoms with van der Waals surface area (Å²) in [6.07, 6.45) is 3.26. The first-order valence-corrected chi connectivity index (χ1v) is 5.51. The molecule has 0 aliphatic carbocycles. The number of rotatable bonds is 2. The van der Waals surface area contributed by atoms with Crippen LogP contribution in [0.25, 0.3) is 12.2 Å². The molecule has 18 heavy (non-hydrogen) atoms. The topological polar surface area (TPSA) is 40.5 Å². The van der Waals surface area contributed by atoms with Crippen molar-refractivity contribution < 1.29 is 10.2 Å². The number of phenolic OH excluding ortho intramolecular Hbond substituents is 2. The normalized spacial score (nSPS) is 9.11. The predicted octanol–water partition coefficient (Wildman–Crippen LogP) is 3.58. The van der Waals surface area contributed by atoms with Crippen LogP contribution in [0.15, 0.2) is 60.0 Å². The summed E-state index contributed by atoms with van der Waals surface area (Å²) < 4.78 is 0. The fourth-order valence-electron chi connectivity index (χ4n) is 1.46. The molecule has 0 aliphatic heterocycles. The van der Waals surface area contributed by atoms with Crippen LogP contribution in [0.5, 0.6) is 11.5 Å². The maximum absolute atomic E-state index is 9.52. The molecule has 2 aromatic rings. The van der Waals surface area contributed by atoms with Crippen LogP contribution in [0.2, 0.25) is 0 Å². The van der Waals surface area contributed by atoms with Crippen LogP contribution in [0.1, 0.15) is 11.1 Å². The molecule has 0 amide bonds. The highest BCUT2D eigenvalue weighted by Gasteiger charge is 1.93. The second kappa shape index (κ2) is 5.60. The summed E-state index contributed by atoms with van der Waals surface area (Å²) in [5, 5.41) is 19.0. The van der Waals surface area contributed by atoms with E-state index in [1.165, 1.54) is 0 Å². The molecule has 0 saturated carbocycles. The molecule has 2 N–H and O–H groups in total. The van der Waals surface area contributed by atoms with E-state index in [-0.39, 0.29) is 11.5 Å². The summed E-state index contributed by atoms with van der Waals surface area (Å²) in [6.45, 7) is 0. The van der Waals surface area contributed by atoms with E-state index in [1.54, 1.807) is 48.6 Å². The van der Waals surface area contributed by atoms with Gasteiger partial charge in [0.2, 0.25) is 0 Å². The van der Waals surface area contributed by atoms with Crippen molar-refractivity contribution in [3.05, 3.63) is 71.1 Å². The Balaban J connectivity index is 2.27. The summed E-state index contributed by atoms with van der Waals surface area (Å²) in [6, 6.07) is 14.0. The summed E-state index contributed by atoms with van der Waals surface area (Å²) >= 11 is 0. The maximum atomic E-state index is 9.52. The van der Waals surface area contributed by atoms with Gasteiger partial charge >= 0.3 is 0 Å². The Morgan fingerprint density at radius 3 is 1.44 bits per heavy atom. The Bertz CT molecular complexity index is 586. The summed E-state index contributed by atoms with van der Waals surface area (Å²) in [7, 11) is 0. The number of phenols is 2. The minimum atomic E-state index is 0.203. The first-order valence-electron chi connectivity index (χ1n) is 5.51. The van der Waals surface area contributed by atoms with Gasteiger partial charge in [0.15, 0.2) is 0 Å². The Morgan fingerprint density at radius 2 is 1.06 bits per heavy atom. The minimum absolute atomic E-state index is 0.203. The summed E-state index contributed by atoms with van der Waals surface area (Å²) in [5.41, 5.74) is 6.99. The third-order valence-electron chi connectivity index (χ3n) is 2.41. The standard InChI is InChI=1S/C16H12O2/c17-15-11-5-3-9-13(15)7-1-2-8-14-10-4-6-12-16(14)18/h3-12,17-18H. The smallest absolute Gasteiger partial charge is 0.123 e. The van der Waals surface area contributed by atoms with Crippen LogP contribution < -0.4 is 0 Å². The van der Waals surface area contributed by atoms with E-state index in [0.717, 1.165) is 0 Å². The molecule has 0 fully saturated rings. The second-order valence-corrected chi connectivity index (χ2v) is 3.69. The van der Waals surface area contributed by atoms with Crippen LogP contribution in [0.3, 0.4) is 0 Å². The molecule has 2 rings (SSSR count). The molecule has 0 unspecified atom stereocenters. The van der Waals surface area contributed by atoms with E-state index in [4.69, 9.17) is 0 Å². The van der Waals surface area contributed by atoms with Crippen LogP contribution in [-0.4, -0.2) is 10.2 Å². The van der Waals surface area contributed by atoms with Gasteiger partial charge in [0.05, 0.1) is 0 Å². The van der Waals surface area contributed by atoms with Gasteiger partial charge in [-0.15, -0.1) is 0 Å². The van der Waals surface area contributed by atoms with Gasteiger partial charge in [0.25, 0.3) is 0 Å². The zero-order valence-electron chi connectivity index (χ0n) is 9.67. The number of aromatic hydroxyl groups is 2. The van der Waals surface area contributed by atoms with Crippen molar-refractivity contribution in [2.75, 3.05) is 0 Å². The number of para-hydroxylation sites is 2. The average molecular weight is 236 g/mol. The first kappa shape index (κ1) is 11.8. The van der Waals surface area contributed by atoms with Gasteiger partial charge in [0.1, 0.15) is 11.5 Å². The first-order chi connectivity index (χ1) is 8.77. The lowest BCUT2D eigenvalue weighted by Crippen LogP contribution is -1.71. The molecule has 2 heteroatoms. The lowest BCUT2D eigenvalue weighted by atomic mass is 10.2. The highest BCUT2D eigenvalue weighted by Crippen LogP contribution is 2.17. The highest BCUT2D eigenvalue weighted by atomic mass is 16.3. The molecule has 2 aromatic carbocycles. The van der Waals surface area contributed by atoms with Gasteiger partial charge in [0, 0.05) is 11.1 Å². The maximum Gasteiger partial charge on any atom is 0.123 e. The van der Waals surface area contributed by atoms with Crippen LogP contribution >= 0.6 is 0 Å². The van der Waals surface area contributed by atoms with E-state index in [0.29, 0.717) is 11.1 Å². The van der Waals surface area contributed by atoms with E-state index in [9.17, 15) is 10.2 Å². The van der Waals surface area contributed by atoms with Crippen molar-refractivity contribution in [2.24, 2.45) is 0 Å². The number of benzene rings is 2. The molecular weight excluding hydrogens is 224 g/mol. The van der Waals surface area contributed by atoms with Crippen LogP contribution in [0.4, 0.5) is 0 Å². The number of hydrogen-bond donors (Lipinski definition) is 2. The van der Waals surface area contributed by atoms with Crippen molar-refractivity contribution >= 4 is 12.2 Å². The molecule has 0 aromatic heterocycles. The largest absolute Gasteiger partial charge is 0.507 e.